The molecule has 0 aliphatic heterocycles. The van der Waals surface area contributed by atoms with Crippen LogP contribution in [0.2, 0.25) is 5.02 Å². The summed E-state index contributed by atoms with van der Waals surface area (Å²) in [6, 6.07) is 5.97. The van der Waals surface area contributed by atoms with Gasteiger partial charge < -0.3 is 10.2 Å². The van der Waals surface area contributed by atoms with Crippen molar-refractivity contribution in [2.45, 2.75) is 6.54 Å². The molecule has 0 spiro atoms. The highest BCUT2D eigenvalue weighted by Gasteiger charge is 2.00. The van der Waals surface area contributed by atoms with Crippen molar-refractivity contribution in [3.05, 3.63) is 33.3 Å². The summed E-state index contributed by atoms with van der Waals surface area (Å²) in [6.45, 7) is 2.83. The second kappa shape index (κ2) is 6.48. The van der Waals surface area contributed by atoms with Gasteiger partial charge in [0, 0.05) is 29.1 Å². The van der Waals surface area contributed by atoms with Crippen LogP contribution >= 0.6 is 27.5 Å². The summed E-state index contributed by atoms with van der Waals surface area (Å²) < 4.78 is 1.02. The average Bonchev–Trinajstić information content (AvgIpc) is 2.14. The molecule has 0 saturated carbocycles. The van der Waals surface area contributed by atoms with Crippen molar-refractivity contribution in [1.29, 1.82) is 0 Å². The van der Waals surface area contributed by atoms with Crippen LogP contribution in [-0.4, -0.2) is 32.1 Å². The fourth-order valence-electron chi connectivity index (χ4n) is 1.19. The number of rotatable bonds is 5. The first kappa shape index (κ1) is 13.0. The molecule has 0 heterocycles. The number of nitrogens with zero attached hydrogens (tertiary/aromatic N) is 1. The van der Waals surface area contributed by atoms with Gasteiger partial charge in [-0.3, -0.25) is 0 Å². The van der Waals surface area contributed by atoms with Crippen LogP contribution in [0.15, 0.2) is 22.7 Å². The Morgan fingerprint density at radius 1 is 1.40 bits per heavy atom. The van der Waals surface area contributed by atoms with E-state index in [2.05, 4.69) is 40.2 Å². The van der Waals surface area contributed by atoms with E-state index < -0.39 is 0 Å². The van der Waals surface area contributed by atoms with Gasteiger partial charge >= 0.3 is 0 Å². The topological polar surface area (TPSA) is 15.3 Å². The quantitative estimate of drug-likeness (QED) is 0.839. The number of likely N-dealkylation sites (N-methyl/N-ethyl adjacent to an activating group) is 1. The third kappa shape index (κ3) is 4.98. The van der Waals surface area contributed by atoms with Crippen molar-refractivity contribution in [1.82, 2.24) is 10.2 Å². The SMILES string of the molecule is CN(C)CCNCc1ccc(Br)cc1Cl. The summed E-state index contributed by atoms with van der Waals surface area (Å²) in [5.41, 5.74) is 1.14. The van der Waals surface area contributed by atoms with E-state index in [0.29, 0.717) is 0 Å². The molecule has 1 aromatic rings. The van der Waals surface area contributed by atoms with Gasteiger partial charge in [-0.1, -0.05) is 33.6 Å². The zero-order chi connectivity index (χ0) is 11.3. The molecule has 0 amide bonds. The van der Waals surface area contributed by atoms with Gasteiger partial charge in [0.1, 0.15) is 0 Å². The fraction of sp³-hybridized carbons (Fsp3) is 0.455. The van der Waals surface area contributed by atoms with Crippen LogP contribution in [0.1, 0.15) is 5.56 Å². The normalized spacial score (nSPS) is 11.0. The summed E-state index contributed by atoms with van der Waals surface area (Å²) in [6.07, 6.45) is 0. The largest absolute Gasteiger partial charge is 0.311 e. The summed E-state index contributed by atoms with van der Waals surface area (Å²) in [7, 11) is 4.13. The minimum absolute atomic E-state index is 0.807. The highest BCUT2D eigenvalue weighted by molar-refractivity contribution is 9.10. The van der Waals surface area contributed by atoms with Crippen LogP contribution in [-0.2, 0) is 6.54 Å². The van der Waals surface area contributed by atoms with Gasteiger partial charge in [-0.05, 0) is 31.8 Å². The molecule has 1 rings (SSSR count). The lowest BCUT2D eigenvalue weighted by atomic mass is 10.2. The first-order valence-corrected chi connectivity index (χ1v) is 6.06. The van der Waals surface area contributed by atoms with E-state index in [9.17, 15) is 0 Å². The van der Waals surface area contributed by atoms with Gasteiger partial charge in [0.25, 0.3) is 0 Å². The molecule has 0 aliphatic carbocycles. The Hall–Kier alpha value is -0.0900. The van der Waals surface area contributed by atoms with Gasteiger partial charge in [-0.15, -0.1) is 0 Å². The molecule has 0 radical (unpaired) electrons. The van der Waals surface area contributed by atoms with Crippen molar-refractivity contribution in [2.24, 2.45) is 0 Å². The highest BCUT2D eigenvalue weighted by atomic mass is 79.9. The first-order valence-electron chi connectivity index (χ1n) is 4.89. The van der Waals surface area contributed by atoms with Gasteiger partial charge in [-0.2, -0.15) is 0 Å². The molecule has 1 aromatic carbocycles. The van der Waals surface area contributed by atoms with Crippen molar-refractivity contribution < 1.29 is 0 Å². The van der Waals surface area contributed by atoms with Gasteiger partial charge in [0.2, 0.25) is 0 Å². The minimum Gasteiger partial charge on any atom is -0.311 e. The fourth-order valence-corrected chi connectivity index (χ4v) is 1.93. The van der Waals surface area contributed by atoms with Gasteiger partial charge in [-0.25, -0.2) is 0 Å². The van der Waals surface area contributed by atoms with E-state index in [1.165, 1.54) is 0 Å². The molecule has 0 aliphatic rings. The molecule has 1 N–H and O–H groups in total. The molecule has 4 heteroatoms. The summed E-state index contributed by atoms with van der Waals surface area (Å²) in [5, 5.41) is 4.16. The standard InChI is InChI=1S/C11H16BrClN2/c1-15(2)6-5-14-8-9-3-4-10(12)7-11(9)13/h3-4,7,14H,5-6,8H2,1-2H3. The molecule has 15 heavy (non-hydrogen) atoms. The smallest absolute Gasteiger partial charge is 0.0462 e. The van der Waals surface area contributed by atoms with Crippen molar-refractivity contribution in [3.63, 3.8) is 0 Å². The minimum atomic E-state index is 0.807. The lowest BCUT2D eigenvalue weighted by molar-refractivity contribution is 0.400. The van der Waals surface area contributed by atoms with Crippen LogP contribution < -0.4 is 5.32 Å². The molecule has 0 bridgehead atoms. The predicted octanol–water partition coefficient (Wildman–Crippen LogP) is 2.75. The average molecular weight is 292 g/mol. The van der Waals surface area contributed by atoms with E-state index in [1.807, 2.05) is 18.2 Å². The molecule has 0 saturated heterocycles. The van der Waals surface area contributed by atoms with Crippen LogP contribution in [0, 0.1) is 0 Å². The van der Waals surface area contributed by atoms with E-state index in [0.717, 1.165) is 34.7 Å². The van der Waals surface area contributed by atoms with Crippen molar-refractivity contribution >= 4 is 27.5 Å². The number of hydrogen-bond acceptors (Lipinski definition) is 2. The van der Waals surface area contributed by atoms with E-state index in [4.69, 9.17) is 11.6 Å². The molecule has 0 atom stereocenters. The lowest BCUT2D eigenvalue weighted by Gasteiger charge is -2.11. The molecule has 0 unspecified atom stereocenters. The summed E-state index contributed by atoms with van der Waals surface area (Å²) >= 11 is 9.48. The highest BCUT2D eigenvalue weighted by Crippen LogP contribution is 2.20. The molecule has 84 valence electrons. The Kier molecular flexibility index (Phi) is 5.61. The Bertz CT molecular complexity index is 315. The third-order valence-corrected chi connectivity index (χ3v) is 2.91. The number of hydrogen-bond donors (Lipinski definition) is 1. The maximum Gasteiger partial charge on any atom is 0.0462 e. The maximum atomic E-state index is 6.09. The van der Waals surface area contributed by atoms with Crippen LogP contribution in [0.25, 0.3) is 0 Å². The Balaban J connectivity index is 2.37. The number of benzene rings is 1. The molecule has 2 nitrogen and oxygen atoms in total. The van der Waals surface area contributed by atoms with E-state index >= 15 is 0 Å². The Morgan fingerprint density at radius 3 is 2.73 bits per heavy atom. The van der Waals surface area contributed by atoms with Gasteiger partial charge in [0.15, 0.2) is 0 Å². The number of nitrogens with one attached hydrogen (secondary N) is 1. The number of halogens is 2. The monoisotopic (exact) mass is 290 g/mol. The second-order valence-corrected chi connectivity index (χ2v) is 5.04. The summed E-state index contributed by atoms with van der Waals surface area (Å²) in [5.74, 6) is 0. The van der Waals surface area contributed by atoms with Crippen LogP contribution in [0.5, 0.6) is 0 Å². The molecule has 0 aromatic heterocycles. The van der Waals surface area contributed by atoms with E-state index in [1.54, 1.807) is 0 Å². The summed E-state index contributed by atoms with van der Waals surface area (Å²) in [4.78, 5) is 2.15. The van der Waals surface area contributed by atoms with E-state index in [-0.39, 0.29) is 0 Å². The van der Waals surface area contributed by atoms with Crippen molar-refractivity contribution in [3.8, 4) is 0 Å². The van der Waals surface area contributed by atoms with Gasteiger partial charge in [0.05, 0.1) is 0 Å². The maximum absolute atomic E-state index is 6.09. The third-order valence-electron chi connectivity index (χ3n) is 2.07. The Labute approximate surface area is 105 Å². The van der Waals surface area contributed by atoms with Crippen LogP contribution in [0.3, 0.4) is 0 Å². The Morgan fingerprint density at radius 2 is 2.13 bits per heavy atom. The molecular formula is C11H16BrClN2. The zero-order valence-corrected chi connectivity index (χ0v) is 11.4. The zero-order valence-electron chi connectivity index (χ0n) is 9.06. The van der Waals surface area contributed by atoms with Crippen LogP contribution in [0.4, 0.5) is 0 Å². The first-order chi connectivity index (χ1) is 7.09. The van der Waals surface area contributed by atoms with Crippen molar-refractivity contribution in [2.75, 3.05) is 27.2 Å². The molecule has 0 fully saturated rings. The molecular weight excluding hydrogens is 275 g/mol. The predicted molar refractivity (Wildman–Crippen MR) is 69.4 cm³/mol. The second-order valence-electron chi connectivity index (χ2n) is 3.72. The lowest BCUT2D eigenvalue weighted by Crippen LogP contribution is -2.26.